The maximum Gasteiger partial charge on any atom is 0.254 e. The van der Waals surface area contributed by atoms with Crippen molar-refractivity contribution in [3.05, 3.63) is 58.8 Å². The van der Waals surface area contributed by atoms with Gasteiger partial charge in [0.2, 0.25) is 5.91 Å². The first kappa shape index (κ1) is 15.8. The lowest BCUT2D eigenvalue weighted by atomic mass is 10.1. The summed E-state index contributed by atoms with van der Waals surface area (Å²) >= 11 is 3.11. The highest BCUT2D eigenvalue weighted by molar-refractivity contribution is 8.00. The van der Waals surface area contributed by atoms with Gasteiger partial charge < -0.3 is 10.2 Å². The van der Waals surface area contributed by atoms with Crippen molar-refractivity contribution < 1.29 is 9.59 Å². The number of amides is 2. The molecule has 0 saturated heterocycles. The Labute approximate surface area is 143 Å². The number of hydrogen-bond donors (Lipinski definition) is 1. The maximum atomic E-state index is 12.8. The summed E-state index contributed by atoms with van der Waals surface area (Å²) < 4.78 is 0. The van der Waals surface area contributed by atoms with E-state index < -0.39 is 0 Å². The fraction of sp³-hybridized carbons (Fsp3) is 0.176. The van der Waals surface area contributed by atoms with Gasteiger partial charge in [-0.25, -0.2) is 0 Å². The third-order valence-corrected chi connectivity index (χ3v) is 5.36. The molecule has 1 aliphatic heterocycles. The molecule has 0 saturated carbocycles. The molecule has 4 nitrogen and oxygen atoms in total. The van der Waals surface area contributed by atoms with Gasteiger partial charge in [-0.2, -0.15) is 0 Å². The Hall–Kier alpha value is -2.05. The summed E-state index contributed by atoms with van der Waals surface area (Å²) in [5.74, 6) is 0.320. The average Bonchev–Trinajstić information content (AvgIpc) is 3.06. The summed E-state index contributed by atoms with van der Waals surface area (Å²) in [6.45, 7) is 4.77. The SMILES string of the molecule is C=CCN(Cc1cccs1)C(=O)c1ccc2c(c1)NC(=O)CS2. The van der Waals surface area contributed by atoms with Crippen molar-refractivity contribution in [3.8, 4) is 0 Å². The molecule has 0 fully saturated rings. The van der Waals surface area contributed by atoms with Gasteiger partial charge in [-0.1, -0.05) is 12.1 Å². The molecule has 2 amide bonds. The first-order chi connectivity index (χ1) is 11.2. The van der Waals surface area contributed by atoms with Crippen LogP contribution in [0.1, 0.15) is 15.2 Å². The van der Waals surface area contributed by atoms with Gasteiger partial charge in [0.1, 0.15) is 0 Å². The van der Waals surface area contributed by atoms with E-state index in [-0.39, 0.29) is 11.8 Å². The van der Waals surface area contributed by atoms with E-state index in [4.69, 9.17) is 0 Å². The second-order valence-corrected chi connectivity index (χ2v) is 7.15. The molecular formula is C17H16N2O2S2. The second kappa shape index (κ2) is 7.02. The highest BCUT2D eigenvalue weighted by Crippen LogP contribution is 2.32. The zero-order valence-electron chi connectivity index (χ0n) is 12.5. The van der Waals surface area contributed by atoms with Gasteiger partial charge in [0, 0.05) is 21.9 Å². The standard InChI is InChI=1S/C17H16N2O2S2/c1-2-7-19(10-13-4-3-8-22-13)17(21)12-5-6-15-14(9-12)18-16(20)11-23-15/h2-6,8-9H,1,7,10-11H2,(H,18,20). The lowest BCUT2D eigenvalue weighted by Crippen LogP contribution is -2.30. The quantitative estimate of drug-likeness (QED) is 0.843. The molecule has 118 valence electrons. The number of benzene rings is 1. The average molecular weight is 344 g/mol. The van der Waals surface area contributed by atoms with Crippen LogP contribution < -0.4 is 5.32 Å². The van der Waals surface area contributed by atoms with Gasteiger partial charge in [-0.15, -0.1) is 29.7 Å². The molecule has 0 bridgehead atoms. The topological polar surface area (TPSA) is 49.4 Å². The van der Waals surface area contributed by atoms with Crippen molar-refractivity contribution in [1.82, 2.24) is 4.90 Å². The Morgan fingerprint density at radius 2 is 2.26 bits per heavy atom. The molecule has 1 aliphatic rings. The highest BCUT2D eigenvalue weighted by atomic mass is 32.2. The van der Waals surface area contributed by atoms with Crippen LogP contribution in [0.4, 0.5) is 5.69 Å². The van der Waals surface area contributed by atoms with Gasteiger partial charge in [0.15, 0.2) is 0 Å². The first-order valence-electron chi connectivity index (χ1n) is 7.16. The third kappa shape index (κ3) is 3.65. The van der Waals surface area contributed by atoms with Gasteiger partial charge in [0.05, 0.1) is 18.0 Å². The first-order valence-corrected chi connectivity index (χ1v) is 9.03. The lowest BCUT2D eigenvalue weighted by molar-refractivity contribution is -0.113. The molecule has 0 unspecified atom stereocenters. The highest BCUT2D eigenvalue weighted by Gasteiger charge is 2.20. The minimum Gasteiger partial charge on any atom is -0.330 e. The van der Waals surface area contributed by atoms with Gasteiger partial charge >= 0.3 is 0 Å². The Morgan fingerprint density at radius 3 is 3.00 bits per heavy atom. The van der Waals surface area contributed by atoms with Crippen molar-refractivity contribution >= 4 is 40.6 Å². The Morgan fingerprint density at radius 1 is 1.39 bits per heavy atom. The van der Waals surface area contributed by atoms with Crippen molar-refractivity contribution in [2.24, 2.45) is 0 Å². The van der Waals surface area contributed by atoms with Crippen molar-refractivity contribution in [2.45, 2.75) is 11.4 Å². The van der Waals surface area contributed by atoms with E-state index in [2.05, 4.69) is 11.9 Å². The predicted octanol–water partition coefficient (Wildman–Crippen LogP) is 3.62. The number of anilines is 1. The van der Waals surface area contributed by atoms with Crippen molar-refractivity contribution in [1.29, 1.82) is 0 Å². The molecule has 1 N–H and O–H groups in total. The van der Waals surface area contributed by atoms with Crippen LogP contribution in [0.3, 0.4) is 0 Å². The number of rotatable bonds is 5. The van der Waals surface area contributed by atoms with Gasteiger partial charge in [-0.3, -0.25) is 9.59 Å². The summed E-state index contributed by atoms with van der Waals surface area (Å²) in [5.41, 5.74) is 1.29. The minimum atomic E-state index is -0.0640. The third-order valence-electron chi connectivity index (χ3n) is 3.42. The fourth-order valence-electron chi connectivity index (χ4n) is 2.36. The molecule has 6 heteroatoms. The van der Waals surface area contributed by atoms with E-state index in [0.29, 0.717) is 30.1 Å². The Kier molecular flexibility index (Phi) is 4.83. The lowest BCUT2D eigenvalue weighted by Gasteiger charge is -2.22. The summed E-state index contributed by atoms with van der Waals surface area (Å²) in [7, 11) is 0. The van der Waals surface area contributed by atoms with Gasteiger partial charge in [-0.05, 0) is 29.6 Å². The van der Waals surface area contributed by atoms with E-state index in [1.165, 1.54) is 11.8 Å². The number of thiophene rings is 1. The zero-order chi connectivity index (χ0) is 16.2. The van der Waals surface area contributed by atoms with E-state index in [1.54, 1.807) is 28.4 Å². The van der Waals surface area contributed by atoms with Crippen molar-refractivity contribution in [3.63, 3.8) is 0 Å². The van der Waals surface area contributed by atoms with Crippen LogP contribution in [0, 0.1) is 0 Å². The smallest absolute Gasteiger partial charge is 0.254 e. The number of carbonyl (C=O) groups is 2. The van der Waals surface area contributed by atoms with Crippen LogP contribution in [-0.2, 0) is 11.3 Å². The van der Waals surface area contributed by atoms with Crippen LogP contribution in [-0.4, -0.2) is 29.0 Å². The molecule has 0 atom stereocenters. The fourth-order valence-corrected chi connectivity index (χ4v) is 3.87. The molecule has 3 rings (SSSR count). The number of thioether (sulfide) groups is 1. The van der Waals surface area contributed by atoms with E-state index in [0.717, 1.165) is 9.77 Å². The number of nitrogens with one attached hydrogen (secondary N) is 1. The normalized spacial score (nSPS) is 13.1. The maximum absolute atomic E-state index is 12.8. The molecule has 1 aromatic carbocycles. The monoisotopic (exact) mass is 344 g/mol. The number of fused-ring (bicyclic) bond motifs is 1. The minimum absolute atomic E-state index is 0.0337. The van der Waals surface area contributed by atoms with Gasteiger partial charge in [0.25, 0.3) is 5.91 Å². The Bertz CT molecular complexity index is 741. The van der Waals surface area contributed by atoms with Crippen LogP contribution in [0.2, 0.25) is 0 Å². The van der Waals surface area contributed by atoms with Crippen LogP contribution in [0.25, 0.3) is 0 Å². The van der Waals surface area contributed by atoms with Crippen molar-refractivity contribution in [2.75, 3.05) is 17.6 Å². The summed E-state index contributed by atoms with van der Waals surface area (Å²) in [6.07, 6.45) is 1.72. The zero-order valence-corrected chi connectivity index (χ0v) is 14.1. The molecule has 1 aromatic heterocycles. The van der Waals surface area contributed by atoms with Crippen LogP contribution in [0.15, 0.2) is 53.3 Å². The summed E-state index contributed by atoms with van der Waals surface area (Å²) in [5, 5.41) is 4.82. The largest absolute Gasteiger partial charge is 0.330 e. The van der Waals surface area contributed by atoms with Crippen LogP contribution >= 0.6 is 23.1 Å². The molecule has 2 aromatic rings. The molecule has 0 radical (unpaired) electrons. The van der Waals surface area contributed by atoms with E-state index >= 15 is 0 Å². The number of hydrogen-bond acceptors (Lipinski definition) is 4. The molecule has 23 heavy (non-hydrogen) atoms. The molecule has 0 spiro atoms. The number of nitrogens with zero attached hydrogens (tertiary/aromatic N) is 1. The molecule has 2 heterocycles. The van der Waals surface area contributed by atoms with E-state index in [1.807, 2.05) is 29.6 Å². The van der Waals surface area contributed by atoms with Crippen LogP contribution in [0.5, 0.6) is 0 Å². The summed E-state index contributed by atoms with van der Waals surface area (Å²) in [6, 6.07) is 9.45. The summed E-state index contributed by atoms with van der Waals surface area (Å²) in [4.78, 5) is 28.2. The molecular weight excluding hydrogens is 328 g/mol. The molecule has 0 aliphatic carbocycles. The predicted molar refractivity (Wildman–Crippen MR) is 95.1 cm³/mol. The Balaban J connectivity index is 1.83. The number of carbonyl (C=O) groups excluding carboxylic acids is 2. The second-order valence-electron chi connectivity index (χ2n) is 5.10. The van der Waals surface area contributed by atoms with E-state index in [9.17, 15) is 9.59 Å².